The monoisotopic (exact) mass is 158 g/mol. The fourth-order valence-electron chi connectivity index (χ4n) is 0.935. The summed E-state index contributed by atoms with van der Waals surface area (Å²) in [5, 5.41) is 0. The lowest BCUT2D eigenvalue weighted by Crippen LogP contribution is -2.23. The second-order valence-electron chi connectivity index (χ2n) is 2.42. The number of carbonyl (C=O) groups is 2. The van der Waals surface area contributed by atoms with E-state index in [1.54, 1.807) is 0 Å². The van der Waals surface area contributed by atoms with E-state index in [1.807, 2.05) is 0 Å². The molecule has 1 saturated heterocycles. The van der Waals surface area contributed by atoms with Gasteiger partial charge in [0.25, 0.3) is 0 Å². The van der Waals surface area contributed by atoms with E-state index in [1.165, 1.54) is 0 Å². The topological polar surface area (TPSA) is 52.6 Å². The summed E-state index contributed by atoms with van der Waals surface area (Å²) in [6, 6.07) is 0. The van der Waals surface area contributed by atoms with Gasteiger partial charge in [-0.25, -0.2) is 9.78 Å². The molecular formula is C7H10O4. The molecule has 0 aromatic heterocycles. The van der Waals surface area contributed by atoms with Crippen LogP contribution in [0.15, 0.2) is 0 Å². The average molecular weight is 158 g/mol. The second-order valence-corrected chi connectivity index (χ2v) is 2.42. The number of Topliss-reactive ketones (excluding diaryl/α,β-unsaturated/α-hetero) is 1. The maximum Gasteiger partial charge on any atom is 0.227 e. The van der Waals surface area contributed by atoms with E-state index in [0.717, 1.165) is 12.8 Å². The van der Waals surface area contributed by atoms with Crippen molar-refractivity contribution in [3.63, 3.8) is 0 Å². The minimum atomic E-state index is -0.671. The number of hydrogen-bond donors (Lipinski definition) is 0. The molecule has 0 aromatic carbocycles. The van der Waals surface area contributed by atoms with Crippen molar-refractivity contribution in [2.45, 2.75) is 25.4 Å². The van der Waals surface area contributed by atoms with Gasteiger partial charge in [-0.1, -0.05) is 0 Å². The van der Waals surface area contributed by atoms with Crippen LogP contribution in [0.2, 0.25) is 0 Å². The van der Waals surface area contributed by atoms with Crippen molar-refractivity contribution in [2.24, 2.45) is 0 Å². The molecule has 1 aliphatic rings. The Morgan fingerprint density at radius 1 is 1.45 bits per heavy atom. The van der Waals surface area contributed by atoms with E-state index in [0.29, 0.717) is 13.0 Å². The van der Waals surface area contributed by atoms with Crippen molar-refractivity contribution in [3.8, 4) is 0 Å². The number of ketones is 1. The molecule has 0 saturated carbocycles. The summed E-state index contributed by atoms with van der Waals surface area (Å²) < 4.78 is 0. The maximum atomic E-state index is 10.7. The van der Waals surface area contributed by atoms with Gasteiger partial charge >= 0.3 is 0 Å². The summed E-state index contributed by atoms with van der Waals surface area (Å²) >= 11 is 0. The van der Waals surface area contributed by atoms with Crippen molar-refractivity contribution in [1.29, 1.82) is 0 Å². The molecule has 1 atom stereocenters. The van der Waals surface area contributed by atoms with Crippen molar-refractivity contribution in [3.05, 3.63) is 0 Å². The van der Waals surface area contributed by atoms with Crippen LogP contribution in [0.3, 0.4) is 0 Å². The van der Waals surface area contributed by atoms with Crippen LogP contribution in [-0.4, -0.2) is 24.8 Å². The Labute approximate surface area is 64.4 Å². The van der Waals surface area contributed by atoms with Crippen LogP contribution in [0.1, 0.15) is 19.3 Å². The molecule has 4 nitrogen and oxygen atoms in total. The first-order valence-corrected chi connectivity index (χ1v) is 3.62. The molecule has 1 aliphatic heterocycles. The predicted octanol–water partition coefficient (Wildman–Crippen LogP) is 0.255. The lowest BCUT2D eigenvalue weighted by molar-refractivity contribution is -0.308. The standard InChI is InChI=1S/C7H10O4/c8-5-6(9)7-3-1-2-4-10-11-7/h5,7H,1-4H2. The highest BCUT2D eigenvalue weighted by molar-refractivity contribution is 6.27. The van der Waals surface area contributed by atoms with Crippen LogP contribution in [0.4, 0.5) is 0 Å². The second kappa shape index (κ2) is 4.20. The van der Waals surface area contributed by atoms with Gasteiger partial charge in [-0.3, -0.25) is 9.59 Å². The first kappa shape index (κ1) is 8.36. The van der Waals surface area contributed by atoms with Gasteiger partial charge < -0.3 is 0 Å². The van der Waals surface area contributed by atoms with E-state index < -0.39 is 11.9 Å². The third-order valence-corrected chi connectivity index (χ3v) is 1.56. The Kier molecular flexibility index (Phi) is 3.19. The third kappa shape index (κ3) is 2.40. The average Bonchev–Trinajstić information content (AvgIpc) is 2.30. The molecule has 0 N–H and O–H groups in total. The highest BCUT2D eigenvalue weighted by Gasteiger charge is 2.21. The fourth-order valence-corrected chi connectivity index (χ4v) is 0.935. The van der Waals surface area contributed by atoms with Crippen LogP contribution in [-0.2, 0) is 19.4 Å². The van der Waals surface area contributed by atoms with E-state index in [-0.39, 0.29) is 6.29 Å². The Morgan fingerprint density at radius 2 is 2.27 bits per heavy atom. The summed E-state index contributed by atoms with van der Waals surface area (Å²) in [5.41, 5.74) is 0. The molecule has 0 aromatic rings. The molecule has 1 heterocycles. The zero-order chi connectivity index (χ0) is 8.10. The Morgan fingerprint density at radius 3 is 3.00 bits per heavy atom. The first-order valence-electron chi connectivity index (χ1n) is 3.62. The first-order chi connectivity index (χ1) is 5.34. The van der Waals surface area contributed by atoms with Crippen molar-refractivity contribution >= 4 is 12.1 Å². The van der Waals surface area contributed by atoms with E-state index in [4.69, 9.17) is 0 Å². The smallest absolute Gasteiger partial charge is 0.227 e. The minimum absolute atomic E-state index is 0.277. The fraction of sp³-hybridized carbons (Fsp3) is 0.714. The highest BCUT2D eigenvalue weighted by atomic mass is 17.2. The van der Waals surface area contributed by atoms with Gasteiger partial charge in [0, 0.05) is 0 Å². The molecule has 0 bridgehead atoms. The Balaban J connectivity index is 2.42. The lowest BCUT2D eigenvalue weighted by Gasteiger charge is -2.06. The van der Waals surface area contributed by atoms with Crippen molar-refractivity contribution in [1.82, 2.24) is 0 Å². The number of hydrogen-bond acceptors (Lipinski definition) is 4. The predicted molar refractivity (Wildman–Crippen MR) is 35.7 cm³/mol. The SMILES string of the molecule is O=CC(=O)C1CCCCOO1. The van der Waals surface area contributed by atoms with Gasteiger partial charge in [-0.2, -0.15) is 0 Å². The number of rotatable bonds is 2. The molecule has 4 heteroatoms. The van der Waals surface area contributed by atoms with Gasteiger partial charge in [0.05, 0.1) is 6.61 Å². The van der Waals surface area contributed by atoms with E-state index >= 15 is 0 Å². The van der Waals surface area contributed by atoms with Gasteiger partial charge in [0.2, 0.25) is 5.78 Å². The van der Waals surface area contributed by atoms with Gasteiger partial charge in [-0.05, 0) is 19.3 Å². The zero-order valence-corrected chi connectivity index (χ0v) is 6.12. The highest BCUT2D eigenvalue weighted by Crippen LogP contribution is 2.10. The summed E-state index contributed by atoms with van der Waals surface area (Å²) in [4.78, 5) is 30.1. The molecule has 0 radical (unpaired) electrons. The molecular weight excluding hydrogens is 148 g/mol. The lowest BCUT2D eigenvalue weighted by atomic mass is 10.1. The molecule has 1 fully saturated rings. The largest absolute Gasteiger partial charge is 0.294 e. The molecule has 0 spiro atoms. The van der Waals surface area contributed by atoms with Crippen LogP contribution < -0.4 is 0 Å². The zero-order valence-electron chi connectivity index (χ0n) is 6.12. The molecule has 0 aliphatic carbocycles. The summed E-state index contributed by atoms with van der Waals surface area (Å²) in [6.45, 7) is 0.503. The third-order valence-electron chi connectivity index (χ3n) is 1.56. The number of carbonyl (C=O) groups excluding carboxylic acids is 2. The van der Waals surface area contributed by atoms with E-state index in [2.05, 4.69) is 9.78 Å². The molecule has 1 unspecified atom stereocenters. The minimum Gasteiger partial charge on any atom is -0.294 e. The number of aldehydes is 1. The summed E-state index contributed by atoms with van der Waals surface area (Å²) in [6.07, 6.45) is 1.93. The molecule has 1 rings (SSSR count). The van der Waals surface area contributed by atoms with Gasteiger partial charge in [0.15, 0.2) is 12.4 Å². The van der Waals surface area contributed by atoms with Gasteiger partial charge in [0.1, 0.15) is 0 Å². The van der Waals surface area contributed by atoms with Crippen LogP contribution in [0.5, 0.6) is 0 Å². The summed E-state index contributed by atoms with van der Waals surface area (Å²) in [7, 11) is 0. The van der Waals surface area contributed by atoms with E-state index in [9.17, 15) is 9.59 Å². The molecule has 0 amide bonds. The maximum absolute atomic E-state index is 10.7. The van der Waals surface area contributed by atoms with Crippen LogP contribution in [0.25, 0.3) is 0 Å². The van der Waals surface area contributed by atoms with Crippen molar-refractivity contribution < 1.29 is 19.4 Å². The quantitative estimate of drug-likeness (QED) is 0.328. The van der Waals surface area contributed by atoms with Crippen molar-refractivity contribution in [2.75, 3.05) is 6.61 Å². The molecule has 62 valence electrons. The van der Waals surface area contributed by atoms with Crippen LogP contribution >= 0.6 is 0 Å². The normalized spacial score (nSPS) is 25.6. The molecule has 11 heavy (non-hydrogen) atoms. The van der Waals surface area contributed by atoms with Crippen LogP contribution in [0, 0.1) is 0 Å². The Hall–Kier alpha value is -0.740. The van der Waals surface area contributed by atoms with Gasteiger partial charge in [-0.15, -0.1) is 0 Å². The Bertz CT molecular complexity index is 147. The summed E-state index contributed by atoms with van der Waals surface area (Å²) in [5.74, 6) is -0.535.